The maximum absolute atomic E-state index is 11.2. The molecule has 1 amide bonds. The quantitative estimate of drug-likeness (QED) is 0.529. The molecule has 0 aliphatic rings. The number of nitrogens with zero attached hydrogens (tertiary/aromatic N) is 5. The van der Waals surface area contributed by atoms with E-state index in [1.165, 1.54) is 0 Å². The molecule has 0 atom stereocenters. The first-order valence-electron chi connectivity index (χ1n) is 9.11. The number of carbonyl (C=O) groups excluding carboxylic acids is 1. The zero-order valence-corrected chi connectivity index (χ0v) is 16.3. The van der Waals surface area contributed by atoms with Crippen LogP contribution in [0.25, 0.3) is 17.0 Å². The summed E-state index contributed by atoms with van der Waals surface area (Å²) in [6, 6.07) is 7.14. The third-order valence-corrected chi connectivity index (χ3v) is 4.69. The molecule has 3 aromatic heterocycles. The molecule has 0 aliphatic carbocycles. The highest BCUT2D eigenvalue weighted by Gasteiger charge is 2.14. The van der Waals surface area contributed by atoms with Crippen molar-refractivity contribution in [2.24, 2.45) is 5.73 Å². The van der Waals surface area contributed by atoms with Gasteiger partial charge in [-0.05, 0) is 37.1 Å². The fourth-order valence-electron chi connectivity index (χ4n) is 3.12. The van der Waals surface area contributed by atoms with E-state index in [4.69, 9.17) is 10.7 Å². The molecule has 0 unspecified atom stereocenters. The molecule has 0 saturated carbocycles. The average Bonchev–Trinajstić information content (AvgIpc) is 3.32. The van der Waals surface area contributed by atoms with Gasteiger partial charge in [0.25, 0.3) is 0 Å². The summed E-state index contributed by atoms with van der Waals surface area (Å²) in [4.78, 5) is 24.8. The van der Waals surface area contributed by atoms with Gasteiger partial charge in [-0.3, -0.25) is 13.8 Å². The second-order valence-electron chi connectivity index (χ2n) is 6.82. The fraction of sp³-hybridized carbons (Fsp3) is 0.143. The predicted octanol–water partition coefficient (Wildman–Crippen LogP) is 2.97. The van der Waals surface area contributed by atoms with Crippen molar-refractivity contribution in [1.29, 1.82) is 0 Å². The van der Waals surface area contributed by atoms with E-state index in [-0.39, 0.29) is 0 Å². The molecule has 29 heavy (non-hydrogen) atoms. The molecule has 4 aromatic rings. The predicted molar refractivity (Wildman–Crippen MR) is 112 cm³/mol. The van der Waals surface area contributed by atoms with Crippen LogP contribution < -0.4 is 11.1 Å². The van der Waals surface area contributed by atoms with Crippen molar-refractivity contribution in [2.75, 3.05) is 5.32 Å². The summed E-state index contributed by atoms with van der Waals surface area (Å²) in [7, 11) is 0. The largest absolute Gasteiger partial charge is 0.366 e. The van der Waals surface area contributed by atoms with Crippen LogP contribution in [0.4, 0.5) is 5.82 Å². The number of benzene rings is 1. The Balaban J connectivity index is 1.73. The number of nitrogens with two attached hydrogens (primary N) is 1. The van der Waals surface area contributed by atoms with Gasteiger partial charge in [0.15, 0.2) is 17.3 Å². The summed E-state index contributed by atoms with van der Waals surface area (Å²) in [5, 5.41) is 3.35. The van der Waals surface area contributed by atoms with Crippen molar-refractivity contribution in [3.63, 3.8) is 0 Å². The van der Waals surface area contributed by atoms with Crippen LogP contribution in [-0.4, -0.2) is 29.8 Å². The lowest BCUT2D eigenvalue weighted by Gasteiger charge is -2.12. The normalized spacial score (nSPS) is 11.0. The number of amides is 1. The summed E-state index contributed by atoms with van der Waals surface area (Å²) in [5.74, 6) is 1.75. The third kappa shape index (κ3) is 3.47. The van der Waals surface area contributed by atoms with Gasteiger partial charge in [-0.15, -0.1) is 0 Å². The fourth-order valence-corrected chi connectivity index (χ4v) is 3.12. The molecule has 8 nitrogen and oxygen atoms in total. The minimum Gasteiger partial charge on any atom is -0.366 e. The topological polar surface area (TPSA) is 103 Å². The van der Waals surface area contributed by atoms with E-state index in [0.29, 0.717) is 23.6 Å². The summed E-state index contributed by atoms with van der Waals surface area (Å²) in [6.45, 7) is 8.43. The van der Waals surface area contributed by atoms with Crippen molar-refractivity contribution in [3.8, 4) is 5.82 Å². The number of anilines is 1. The molecule has 0 saturated heterocycles. The number of hydrogen-bond acceptors (Lipinski definition) is 5. The molecule has 4 rings (SSSR count). The van der Waals surface area contributed by atoms with Gasteiger partial charge in [-0.25, -0.2) is 15.0 Å². The molecule has 0 bridgehead atoms. The molecule has 8 heteroatoms. The van der Waals surface area contributed by atoms with Gasteiger partial charge >= 0.3 is 0 Å². The lowest BCUT2D eigenvalue weighted by Crippen LogP contribution is -2.11. The van der Waals surface area contributed by atoms with Gasteiger partial charge < -0.3 is 11.1 Å². The SMILES string of the molecule is C=C(C)c1cnc2c(NCc3ccc(C(N)=O)cc3)nc(-n3ccnc3C)cn12. The number of carbonyl (C=O) groups is 1. The smallest absolute Gasteiger partial charge is 0.248 e. The Labute approximate surface area is 167 Å². The molecular weight excluding hydrogens is 366 g/mol. The summed E-state index contributed by atoms with van der Waals surface area (Å²) in [6.07, 6.45) is 7.32. The average molecular weight is 387 g/mol. The van der Waals surface area contributed by atoms with Gasteiger partial charge in [-0.2, -0.15) is 0 Å². The van der Waals surface area contributed by atoms with Crippen molar-refractivity contribution in [2.45, 2.75) is 20.4 Å². The van der Waals surface area contributed by atoms with Crippen molar-refractivity contribution < 1.29 is 4.79 Å². The number of hydrogen-bond donors (Lipinski definition) is 2. The van der Waals surface area contributed by atoms with Crippen LogP contribution in [0, 0.1) is 6.92 Å². The van der Waals surface area contributed by atoms with Crippen molar-refractivity contribution in [3.05, 3.63) is 78.3 Å². The molecule has 1 aromatic carbocycles. The lowest BCUT2D eigenvalue weighted by molar-refractivity contribution is 0.100. The highest BCUT2D eigenvalue weighted by Crippen LogP contribution is 2.22. The summed E-state index contributed by atoms with van der Waals surface area (Å²) >= 11 is 0. The van der Waals surface area contributed by atoms with E-state index in [2.05, 4.69) is 21.9 Å². The number of aromatic nitrogens is 5. The Bertz CT molecular complexity index is 1220. The van der Waals surface area contributed by atoms with Gasteiger partial charge in [0.1, 0.15) is 5.82 Å². The van der Waals surface area contributed by atoms with E-state index in [1.54, 1.807) is 24.5 Å². The molecule has 0 radical (unpaired) electrons. The number of primary amides is 1. The van der Waals surface area contributed by atoms with E-state index in [9.17, 15) is 4.79 Å². The highest BCUT2D eigenvalue weighted by molar-refractivity contribution is 5.92. The first kappa shape index (κ1) is 18.4. The van der Waals surface area contributed by atoms with Crippen molar-refractivity contribution >= 4 is 22.9 Å². The van der Waals surface area contributed by atoms with Crippen LogP contribution in [0.1, 0.15) is 34.4 Å². The monoisotopic (exact) mass is 387 g/mol. The number of allylic oxidation sites excluding steroid dienone is 1. The van der Waals surface area contributed by atoms with Crippen LogP contribution in [0.5, 0.6) is 0 Å². The highest BCUT2D eigenvalue weighted by atomic mass is 16.1. The first-order valence-corrected chi connectivity index (χ1v) is 9.11. The van der Waals surface area contributed by atoms with E-state index < -0.39 is 5.91 Å². The van der Waals surface area contributed by atoms with E-state index in [0.717, 1.165) is 28.5 Å². The minimum atomic E-state index is -0.444. The molecule has 0 aliphatic heterocycles. The number of imidazole rings is 2. The van der Waals surface area contributed by atoms with Crippen LogP contribution in [0.3, 0.4) is 0 Å². The molecule has 146 valence electrons. The Kier molecular flexibility index (Phi) is 4.59. The lowest BCUT2D eigenvalue weighted by atomic mass is 10.1. The van der Waals surface area contributed by atoms with Gasteiger partial charge in [-0.1, -0.05) is 18.7 Å². The molecule has 3 heterocycles. The first-order chi connectivity index (χ1) is 13.9. The van der Waals surface area contributed by atoms with Crippen molar-refractivity contribution in [1.82, 2.24) is 23.9 Å². The Morgan fingerprint density at radius 1 is 1.24 bits per heavy atom. The third-order valence-electron chi connectivity index (χ3n) is 4.69. The Morgan fingerprint density at radius 2 is 2.00 bits per heavy atom. The van der Waals surface area contributed by atoms with Crippen LogP contribution in [0.2, 0.25) is 0 Å². The molecule has 0 fully saturated rings. The summed E-state index contributed by atoms with van der Waals surface area (Å²) < 4.78 is 3.89. The zero-order valence-electron chi connectivity index (χ0n) is 16.3. The van der Waals surface area contributed by atoms with E-state index in [1.807, 2.05) is 47.3 Å². The van der Waals surface area contributed by atoms with E-state index >= 15 is 0 Å². The van der Waals surface area contributed by atoms with Crippen LogP contribution >= 0.6 is 0 Å². The second kappa shape index (κ2) is 7.23. The van der Waals surface area contributed by atoms with Gasteiger partial charge in [0.2, 0.25) is 5.91 Å². The summed E-state index contributed by atoms with van der Waals surface area (Å²) in [5.41, 5.74) is 9.30. The number of nitrogens with one attached hydrogen (secondary N) is 1. The van der Waals surface area contributed by atoms with Crippen LogP contribution in [-0.2, 0) is 6.54 Å². The van der Waals surface area contributed by atoms with Gasteiger partial charge in [0, 0.05) is 24.5 Å². The molecule has 0 spiro atoms. The molecule has 3 N–H and O–H groups in total. The number of rotatable bonds is 6. The Hall–Kier alpha value is -3.94. The number of aryl methyl sites for hydroxylation is 1. The standard InChI is InChI=1S/C21H21N7O/c1-13(2)17-11-25-21-20(24-10-15-4-6-16(7-5-15)19(22)29)26-18(12-28(17)21)27-9-8-23-14(27)3/h4-9,11-12H,1,10H2,2-3H3,(H2,22,29)(H,24,26). The second-order valence-corrected chi connectivity index (χ2v) is 6.82. The van der Waals surface area contributed by atoms with Gasteiger partial charge in [0.05, 0.1) is 18.1 Å². The Morgan fingerprint density at radius 3 is 2.62 bits per heavy atom. The minimum absolute atomic E-state index is 0.444. The van der Waals surface area contributed by atoms with Crippen LogP contribution in [0.15, 0.2) is 55.6 Å². The number of fused-ring (bicyclic) bond motifs is 1. The molecular formula is C21H21N7O. The maximum Gasteiger partial charge on any atom is 0.248 e. The maximum atomic E-state index is 11.2. The zero-order chi connectivity index (χ0) is 20.5.